The third-order valence-corrected chi connectivity index (χ3v) is 3.23. The van der Waals surface area contributed by atoms with Crippen LogP contribution in [-0.2, 0) is 9.59 Å². The lowest BCUT2D eigenvalue weighted by Crippen LogP contribution is -2.40. The van der Waals surface area contributed by atoms with E-state index in [1.54, 1.807) is 11.9 Å². The van der Waals surface area contributed by atoms with E-state index in [0.717, 1.165) is 0 Å². The van der Waals surface area contributed by atoms with Crippen LogP contribution in [0.3, 0.4) is 0 Å². The summed E-state index contributed by atoms with van der Waals surface area (Å²) in [7, 11) is 1.78. The van der Waals surface area contributed by atoms with Crippen molar-refractivity contribution in [3.8, 4) is 0 Å². The summed E-state index contributed by atoms with van der Waals surface area (Å²) in [5.74, 6) is -0.452. The summed E-state index contributed by atoms with van der Waals surface area (Å²) in [6.07, 6.45) is 0.287. The van der Waals surface area contributed by atoms with Crippen LogP contribution >= 0.6 is 0 Å². The third-order valence-electron chi connectivity index (χ3n) is 3.23. The molecule has 1 amide bonds. The van der Waals surface area contributed by atoms with Crippen LogP contribution in [0.4, 0.5) is 0 Å². The van der Waals surface area contributed by atoms with Gasteiger partial charge >= 0.3 is 5.97 Å². The van der Waals surface area contributed by atoms with Crippen LogP contribution in [0.1, 0.15) is 47.5 Å². The van der Waals surface area contributed by atoms with E-state index in [1.807, 2.05) is 20.8 Å². The molecule has 0 saturated carbocycles. The summed E-state index contributed by atoms with van der Waals surface area (Å²) in [6.45, 7) is 9.76. The van der Waals surface area contributed by atoms with Crippen molar-refractivity contribution in [3.63, 3.8) is 0 Å². The standard InChI is InChI=1S/C13H25NO3/c1-9(2)10(3)14(6)11(15)7-13(4,5)8-12(16)17/h9-10H,7-8H2,1-6H3,(H,16,17). The predicted octanol–water partition coefficient (Wildman–Crippen LogP) is 2.38. The van der Waals surface area contributed by atoms with Crippen LogP contribution in [0, 0.1) is 11.3 Å². The van der Waals surface area contributed by atoms with Crippen molar-refractivity contribution < 1.29 is 14.7 Å². The van der Waals surface area contributed by atoms with Crippen molar-refractivity contribution in [2.24, 2.45) is 11.3 Å². The van der Waals surface area contributed by atoms with Gasteiger partial charge < -0.3 is 10.0 Å². The lowest BCUT2D eigenvalue weighted by atomic mass is 9.85. The second-order valence-corrected chi connectivity index (χ2v) is 5.90. The Labute approximate surface area is 104 Å². The fourth-order valence-corrected chi connectivity index (χ4v) is 1.68. The summed E-state index contributed by atoms with van der Waals surface area (Å²) in [6, 6.07) is 0.170. The van der Waals surface area contributed by atoms with Gasteiger partial charge in [-0.1, -0.05) is 27.7 Å². The summed E-state index contributed by atoms with van der Waals surface area (Å²) < 4.78 is 0. The highest BCUT2D eigenvalue weighted by molar-refractivity contribution is 5.78. The maximum atomic E-state index is 12.0. The number of hydrogen-bond acceptors (Lipinski definition) is 2. The Morgan fingerprint density at radius 3 is 2.00 bits per heavy atom. The van der Waals surface area contributed by atoms with Gasteiger partial charge in [0.2, 0.25) is 5.91 Å². The highest BCUT2D eigenvalue weighted by atomic mass is 16.4. The molecule has 1 N–H and O–H groups in total. The van der Waals surface area contributed by atoms with E-state index >= 15 is 0 Å². The Morgan fingerprint density at radius 2 is 1.65 bits per heavy atom. The van der Waals surface area contributed by atoms with E-state index in [9.17, 15) is 9.59 Å². The maximum absolute atomic E-state index is 12.0. The number of carboxylic acid groups (broad SMARTS) is 1. The van der Waals surface area contributed by atoms with Crippen LogP contribution < -0.4 is 0 Å². The molecule has 0 bridgehead atoms. The highest BCUT2D eigenvalue weighted by Crippen LogP contribution is 2.26. The van der Waals surface area contributed by atoms with Crippen LogP contribution in [0.25, 0.3) is 0 Å². The van der Waals surface area contributed by atoms with Gasteiger partial charge in [0.1, 0.15) is 0 Å². The monoisotopic (exact) mass is 243 g/mol. The summed E-state index contributed by atoms with van der Waals surface area (Å²) in [4.78, 5) is 24.4. The molecule has 0 aliphatic carbocycles. The van der Waals surface area contributed by atoms with E-state index in [2.05, 4.69) is 13.8 Å². The van der Waals surface area contributed by atoms with Gasteiger partial charge in [-0.2, -0.15) is 0 Å². The fourth-order valence-electron chi connectivity index (χ4n) is 1.68. The first-order valence-electron chi connectivity index (χ1n) is 6.04. The Hall–Kier alpha value is -1.06. The van der Waals surface area contributed by atoms with Crippen LogP contribution in [0.5, 0.6) is 0 Å². The molecule has 0 saturated heterocycles. The van der Waals surface area contributed by atoms with Crippen molar-refractivity contribution in [2.75, 3.05) is 7.05 Å². The number of hydrogen-bond donors (Lipinski definition) is 1. The molecule has 0 aromatic carbocycles. The molecule has 0 aromatic rings. The first-order chi connectivity index (χ1) is 7.57. The zero-order valence-electron chi connectivity index (χ0n) is 11.8. The Morgan fingerprint density at radius 1 is 1.18 bits per heavy atom. The second kappa shape index (κ2) is 6.03. The summed E-state index contributed by atoms with van der Waals surface area (Å²) in [5.41, 5.74) is -0.492. The lowest BCUT2D eigenvalue weighted by molar-refractivity contribution is -0.141. The molecule has 100 valence electrons. The van der Waals surface area contributed by atoms with Crippen LogP contribution in [0.2, 0.25) is 0 Å². The number of carbonyl (C=O) groups is 2. The van der Waals surface area contributed by atoms with Crippen LogP contribution in [0.15, 0.2) is 0 Å². The number of nitrogens with zero attached hydrogens (tertiary/aromatic N) is 1. The van der Waals surface area contributed by atoms with Crippen molar-refractivity contribution in [1.82, 2.24) is 4.90 Å². The minimum Gasteiger partial charge on any atom is -0.481 e. The highest BCUT2D eigenvalue weighted by Gasteiger charge is 2.28. The second-order valence-electron chi connectivity index (χ2n) is 5.90. The number of amides is 1. The van der Waals surface area contributed by atoms with Gasteiger partial charge in [-0.3, -0.25) is 9.59 Å². The zero-order chi connectivity index (χ0) is 13.8. The number of carbonyl (C=O) groups excluding carboxylic acids is 1. The molecule has 0 aromatic heterocycles. The quantitative estimate of drug-likeness (QED) is 0.779. The fraction of sp³-hybridized carbons (Fsp3) is 0.846. The maximum Gasteiger partial charge on any atom is 0.303 e. The first-order valence-corrected chi connectivity index (χ1v) is 6.04. The van der Waals surface area contributed by atoms with Crippen LogP contribution in [-0.4, -0.2) is 35.0 Å². The summed E-state index contributed by atoms with van der Waals surface area (Å²) in [5, 5.41) is 8.77. The van der Waals surface area contributed by atoms with E-state index in [1.165, 1.54) is 0 Å². The smallest absolute Gasteiger partial charge is 0.303 e. The number of rotatable bonds is 6. The number of aliphatic carboxylic acids is 1. The van der Waals surface area contributed by atoms with Gasteiger partial charge in [0, 0.05) is 19.5 Å². The van der Waals surface area contributed by atoms with E-state index in [0.29, 0.717) is 5.92 Å². The molecule has 17 heavy (non-hydrogen) atoms. The average molecular weight is 243 g/mol. The predicted molar refractivity (Wildman–Crippen MR) is 67.7 cm³/mol. The molecule has 0 rings (SSSR count). The molecule has 0 spiro atoms. The Kier molecular flexibility index (Phi) is 5.66. The first kappa shape index (κ1) is 15.9. The van der Waals surface area contributed by atoms with E-state index in [-0.39, 0.29) is 24.8 Å². The normalized spacial score (nSPS) is 13.6. The average Bonchev–Trinajstić information content (AvgIpc) is 2.11. The van der Waals surface area contributed by atoms with Gasteiger partial charge in [0.05, 0.1) is 6.42 Å². The molecular weight excluding hydrogens is 218 g/mol. The minimum atomic E-state index is -0.859. The van der Waals surface area contributed by atoms with Gasteiger partial charge in [0.25, 0.3) is 0 Å². The molecule has 0 aliphatic rings. The molecular formula is C13H25NO3. The van der Waals surface area contributed by atoms with Gasteiger partial charge in [-0.25, -0.2) is 0 Å². The molecule has 1 unspecified atom stereocenters. The van der Waals surface area contributed by atoms with Crippen molar-refractivity contribution in [1.29, 1.82) is 0 Å². The largest absolute Gasteiger partial charge is 0.481 e. The number of carboxylic acids is 1. The topological polar surface area (TPSA) is 57.6 Å². The lowest BCUT2D eigenvalue weighted by Gasteiger charge is -2.31. The van der Waals surface area contributed by atoms with Crippen molar-refractivity contribution in [2.45, 2.75) is 53.5 Å². The molecule has 0 fully saturated rings. The molecule has 0 heterocycles. The SMILES string of the molecule is CC(C)C(C)N(C)C(=O)CC(C)(C)CC(=O)O. The Balaban J connectivity index is 4.48. The molecule has 4 heteroatoms. The van der Waals surface area contributed by atoms with Gasteiger partial charge in [-0.15, -0.1) is 0 Å². The van der Waals surface area contributed by atoms with Crippen molar-refractivity contribution >= 4 is 11.9 Å². The zero-order valence-corrected chi connectivity index (χ0v) is 11.8. The van der Waals surface area contributed by atoms with E-state index in [4.69, 9.17) is 5.11 Å². The molecule has 0 radical (unpaired) electrons. The summed E-state index contributed by atoms with van der Waals surface area (Å²) >= 11 is 0. The molecule has 0 aliphatic heterocycles. The minimum absolute atomic E-state index is 0.0115. The third kappa shape index (κ3) is 5.71. The van der Waals surface area contributed by atoms with Gasteiger partial charge in [0.15, 0.2) is 0 Å². The molecule has 1 atom stereocenters. The molecule has 4 nitrogen and oxygen atoms in total. The Bertz CT molecular complexity index is 284. The van der Waals surface area contributed by atoms with Gasteiger partial charge in [-0.05, 0) is 18.3 Å². The van der Waals surface area contributed by atoms with Crippen molar-refractivity contribution in [3.05, 3.63) is 0 Å². The van der Waals surface area contributed by atoms with E-state index < -0.39 is 11.4 Å².